The van der Waals surface area contributed by atoms with Crippen LogP contribution in [0.2, 0.25) is 0 Å². The Morgan fingerprint density at radius 1 is 0.815 bits per heavy atom. The molecule has 3 nitrogen and oxygen atoms in total. The summed E-state index contributed by atoms with van der Waals surface area (Å²) in [5.74, 6) is 0.716. The van der Waals surface area contributed by atoms with Crippen LogP contribution in [0.5, 0.6) is 5.75 Å². The van der Waals surface area contributed by atoms with E-state index in [0.717, 1.165) is 22.4 Å². The molecule has 3 aromatic rings. The standard InChI is InChI=1S/C24H23NO2/c1-27-23-15-9-8-14-22(23)16-17-24(26)25(18-20-10-4-2-5-11-20)19-21-12-6-3-7-13-21/h2-17H,18-19H2,1H3/b17-16-. The molecule has 0 aliphatic heterocycles. The number of carbonyl (C=O) groups excluding carboxylic acids is 1. The summed E-state index contributed by atoms with van der Waals surface area (Å²) in [5.41, 5.74) is 3.09. The fourth-order valence-corrected chi connectivity index (χ4v) is 2.89. The molecule has 0 aliphatic rings. The molecule has 136 valence electrons. The molecule has 0 heterocycles. The molecule has 3 aromatic carbocycles. The number of carbonyl (C=O) groups is 1. The summed E-state index contributed by atoms with van der Waals surface area (Å²) in [7, 11) is 1.63. The van der Waals surface area contributed by atoms with Crippen LogP contribution >= 0.6 is 0 Å². The summed E-state index contributed by atoms with van der Waals surface area (Å²) >= 11 is 0. The Kier molecular flexibility index (Phi) is 6.42. The lowest BCUT2D eigenvalue weighted by molar-refractivity contribution is -0.127. The normalized spacial score (nSPS) is 10.7. The lowest BCUT2D eigenvalue weighted by Crippen LogP contribution is -2.28. The van der Waals surface area contributed by atoms with Gasteiger partial charge in [-0.15, -0.1) is 0 Å². The molecule has 0 fully saturated rings. The third-order valence-electron chi connectivity index (χ3n) is 4.29. The average molecular weight is 357 g/mol. The third-order valence-corrected chi connectivity index (χ3v) is 4.29. The largest absolute Gasteiger partial charge is 0.496 e. The summed E-state index contributed by atoms with van der Waals surface area (Å²) < 4.78 is 5.35. The SMILES string of the molecule is COc1ccccc1/C=C\C(=O)N(Cc1ccccc1)Cc1ccccc1. The maximum Gasteiger partial charge on any atom is 0.247 e. The molecule has 0 saturated heterocycles. The van der Waals surface area contributed by atoms with Crippen molar-refractivity contribution in [2.24, 2.45) is 0 Å². The van der Waals surface area contributed by atoms with Crippen LogP contribution in [0.15, 0.2) is 91.0 Å². The number of hydrogen-bond acceptors (Lipinski definition) is 2. The van der Waals surface area contributed by atoms with Gasteiger partial charge in [-0.1, -0.05) is 78.9 Å². The topological polar surface area (TPSA) is 29.5 Å². The van der Waals surface area contributed by atoms with Crippen molar-refractivity contribution in [3.63, 3.8) is 0 Å². The molecule has 0 radical (unpaired) electrons. The smallest absolute Gasteiger partial charge is 0.247 e. The fraction of sp³-hybridized carbons (Fsp3) is 0.125. The summed E-state index contributed by atoms with van der Waals surface area (Å²) in [5, 5.41) is 0. The second-order valence-electron chi connectivity index (χ2n) is 6.24. The van der Waals surface area contributed by atoms with Crippen LogP contribution in [0.4, 0.5) is 0 Å². The lowest BCUT2D eigenvalue weighted by Gasteiger charge is -2.21. The van der Waals surface area contributed by atoms with Gasteiger partial charge in [-0.05, 0) is 23.3 Å². The first-order valence-corrected chi connectivity index (χ1v) is 8.94. The Morgan fingerprint density at radius 2 is 1.33 bits per heavy atom. The van der Waals surface area contributed by atoms with Gasteiger partial charge >= 0.3 is 0 Å². The van der Waals surface area contributed by atoms with Gasteiger partial charge in [0.15, 0.2) is 0 Å². The minimum atomic E-state index is -0.0337. The van der Waals surface area contributed by atoms with Crippen molar-refractivity contribution in [2.75, 3.05) is 7.11 Å². The van der Waals surface area contributed by atoms with E-state index in [4.69, 9.17) is 4.74 Å². The number of hydrogen-bond donors (Lipinski definition) is 0. The monoisotopic (exact) mass is 357 g/mol. The Balaban J connectivity index is 1.80. The van der Waals surface area contributed by atoms with Crippen LogP contribution in [-0.4, -0.2) is 17.9 Å². The van der Waals surface area contributed by atoms with Gasteiger partial charge < -0.3 is 9.64 Å². The summed E-state index contributed by atoms with van der Waals surface area (Å²) in [6.45, 7) is 1.12. The number of nitrogens with zero attached hydrogens (tertiary/aromatic N) is 1. The van der Waals surface area contributed by atoms with Gasteiger partial charge in [0.2, 0.25) is 5.91 Å². The molecule has 0 aromatic heterocycles. The van der Waals surface area contributed by atoms with E-state index >= 15 is 0 Å². The minimum absolute atomic E-state index is 0.0337. The first-order valence-electron chi connectivity index (χ1n) is 8.94. The zero-order chi connectivity index (χ0) is 18.9. The van der Waals surface area contributed by atoms with Gasteiger partial charge in [0.05, 0.1) is 7.11 Å². The molecular weight excluding hydrogens is 334 g/mol. The number of rotatable bonds is 7. The van der Waals surface area contributed by atoms with Gasteiger partial charge in [0.1, 0.15) is 5.75 Å². The number of benzene rings is 3. The highest BCUT2D eigenvalue weighted by Gasteiger charge is 2.12. The van der Waals surface area contributed by atoms with Crippen LogP contribution in [0.25, 0.3) is 6.08 Å². The van der Waals surface area contributed by atoms with E-state index in [2.05, 4.69) is 0 Å². The molecule has 27 heavy (non-hydrogen) atoms. The molecule has 0 N–H and O–H groups in total. The Bertz CT molecular complexity index is 847. The summed E-state index contributed by atoms with van der Waals surface area (Å²) in [6, 6.07) is 27.7. The Labute approximate surface area is 160 Å². The van der Waals surface area contributed by atoms with Crippen LogP contribution in [0.1, 0.15) is 16.7 Å². The fourth-order valence-electron chi connectivity index (χ4n) is 2.89. The second-order valence-corrected chi connectivity index (χ2v) is 6.24. The molecule has 0 unspecified atom stereocenters. The summed E-state index contributed by atoms with van der Waals surface area (Å²) in [6.07, 6.45) is 3.42. The third kappa shape index (κ3) is 5.32. The van der Waals surface area contributed by atoms with Crippen molar-refractivity contribution in [3.8, 4) is 5.75 Å². The van der Waals surface area contributed by atoms with E-state index in [1.54, 1.807) is 13.2 Å². The molecule has 1 amide bonds. The quantitative estimate of drug-likeness (QED) is 0.561. The maximum absolute atomic E-state index is 12.9. The van der Waals surface area contributed by atoms with E-state index in [1.807, 2.05) is 95.9 Å². The molecule has 3 heteroatoms. The van der Waals surface area contributed by atoms with E-state index in [1.165, 1.54) is 0 Å². The molecule has 0 aliphatic carbocycles. The lowest BCUT2D eigenvalue weighted by atomic mass is 10.1. The molecule has 0 bridgehead atoms. The van der Waals surface area contributed by atoms with Crippen LogP contribution in [0, 0.1) is 0 Å². The maximum atomic E-state index is 12.9. The first-order chi connectivity index (χ1) is 13.3. The molecular formula is C24H23NO2. The number of amides is 1. The van der Waals surface area contributed by atoms with Crippen molar-refractivity contribution in [1.82, 2.24) is 4.90 Å². The van der Waals surface area contributed by atoms with Gasteiger partial charge in [-0.2, -0.15) is 0 Å². The van der Waals surface area contributed by atoms with Crippen molar-refractivity contribution < 1.29 is 9.53 Å². The zero-order valence-electron chi connectivity index (χ0n) is 15.4. The van der Waals surface area contributed by atoms with Crippen LogP contribution in [-0.2, 0) is 17.9 Å². The number of ether oxygens (including phenoxy) is 1. The highest BCUT2D eigenvalue weighted by molar-refractivity contribution is 5.92. The zero-order valence-corrected chi connectivity index (χ0v) is 15.4. The molecule has 0 spiro atoms. The van der Waals surface area contributed by atoms with Crippen molar-refractivity contribution in [1.29, 1.82) is 0 Å². The highest BCUT2D eigenvalue weighted by atomic mass is 16.5. The molecule has 3 rings (SSSR count). The molecule has 0 atom stereocenters. The number of methoxy groups -OCH3 is 1. The predicted molar refractivity (Wildman–Crippen MR) is 109 cm³/mol. The van der Waals surface area contributed by atoms with Gasteiger partial charge in [0, 0.05) is 24.7 Å². The molecule has 0 saturated carbocycles. The van der Waals surface area contributed by atoms with E-state index < -0.39 is 0 Å². The first kappa shape index (κ1) is 18.5. The van der Waals surface area contributed by atoms with Gasteiger partial charge in [0.25, 0.3) is 0 Å². The van der Waals surface area contributed by atoms with Crippen molar-refractivity contribution in [3.05, 3.63) is 108 Å². The van der Waals surface area contributed by atoms with Crippen molar-refractivity contribution in [2.45, 2.75) is 13.1 Å². The Morgan fingerprint density at radius 3 is 1.89 bits per heavy atom. The summed E-state index contributed by atoms with van der Waals surface area (Å²) in [4.78, 5) is 14.8. The highest BCUT2D eigenvalue weighted by Crippen LogP contribution is 2.19. The van der Waals surface area contributed by atoms with Crippen LogP contribution < -0.4 is 4.74 Å². The number of para-hydroxylation sites is 1. The van der Waals surface area contributed by atoms with Crippen LogP contribution in [0.3, 0.4) is 0 Å². The Hall–Kier alpha value is -3.33. The van der Waals surface area contributed by atoms with E-state index in [0.29, 0.717) is 13.1 Å². The predicted octanol–water partition coefficient (Wildman–Crippen LogP) is 4.94. The minimum Gasteiger partial charge on any atom is -0.496 e. The van der Waals surface area contributed by atoms with Gasteiger partial charge in [-0.3, -0.25) is 4.79 Å². The van der Waals surface area contributed by atoms with E-state index in [-0.39, 0.29) is 5.91 Å². The second kappa shape index (κ2) is 9.39. The van der Waals surface area contributed by atoms with E-state index in [9.17, 15) is 4.79 Å². The van der Waals surface area contributed by atoms with Crippen molar-refractivity contribution >= 4 is 12.0 Å². The van der Waals surface area contributed by atoms with Gasteiger partial charge in [-0.25, -0.2) is 0 Å². The average Bonchev–Trinajstić information content (AvgIpc) is 2.73.